The van der Waals surface area contributed by atoms with Crippen LogP contribution in [-0.2, 0) is 12.6 Å². The molecule has 2 aromatic heterocycles. The summed E-state index contributed by atoms with van der Waals surface area (Å²) in [6.45, 7) is 2.25. The number of rotatable bonds is 3. The molecule has 0 aliphatic carbocycles. The topological polar surface area (TPSA) is 95.2 Å². The van der Waals surface area contributed by atoms with E-state index in [1.165, 1.54) is 23.1 Å². The number of halogens is 3. The number of alkyl halides is 3. The Kier molecular flexibility index (Phi) is 4.37. The van der Waals surface area contributed by atoms with E-state index in [0.29, 0.717) is 18.7 Å². The van der Waals surface area contributed by atoms with Crippen LogP contribution in [0.5, 0.6) is 0 Å². The Bertz CT molecular complexity index is 1030. The lowest BCUT2D eigenvalue weighted by Crippen LogP contribution is -2.29. The average Bonchev–Trinajstić information content (AvgIpc) is 3.32. The Hall–Kier alpha value is -2.88. The summed E-state index contributed by atoms with van der Waals surface area (Å²) in [6, 6.07) is 5.93. The molecule has 0 spiro atoms. The maximum atomic E-state index is 12.8. The van der Waals surface area contributed by atoms with Crippen LogP contribution in [0.25, 0.3) is 11.0 Å². The Morgan fingerprint density at radius 1 is 1.36 bits per heavy atom. The predicted molar refractivity (Wildman–Crippen MR) is 91.4 cm³/mol. The molecule has 0 bridgehead atoms. The molecule has 148 valence electrons. The van der Waals surface area contributed by atoms with E-state index in [2.05, 4.69) is 15.1 Å². The summed E-state index contributed by atoms with van der Waals surface area (Å²) >= 11 is 0. The van der Waals surface area contributed by atoms with Crippen LogP contribution >= 0.6 is 0 Å². The lowest BCUT2D eigenvalue weighted by atomic mass is 10.0. The molecular formula is C18H17F3N4O3. The minimum absolute atomic E-state index is 0.129. The SMILES string of the molecule is Cc1cc(C[C@@H]2CN(C(=O)c3ccc4nc(C(F)(F)F)[nH]c4c3)C[C@H]2O)on1. The molecular weight excluding hydrogens is 377 g/mol. The highest BCUT2D eigenvalue weighted by Crippen LogP contribution is 2.29. The van der Waals surface area contributed by atoms with Gasteiger partial charge in [0, 0.05) is 37.1 Å². The standard InChI is InChI=1S/C18H17F3N4O3/c1-9-4-12(28-24-9)5-11-7-25(8-15(11)26)16(27)10-2-3-13-14(6-10)23-17(22-13)18(19,20)21/h2-4,6,11,15,26H,5,7-8H2,1H3,(H,22,23)/t11-,15-/m1/s1. The van der Waals surface area contributed by atoms with E-state index in [0.717, 1.165) is 5.69 Å². The number of β-amino-alcohol motifs (C(OH)–C–C–N with tert-alkyl or cyclic N) is 1. The van der Waals surface area contributed by atoms with Gasteiger partial charge in [-0.1, -0.05) is 5.16 Å². The number of aromatic nitrogens is 3. The zero-order valence-electron chi connectivity index (χ0n) is 14.8. The molecule has 2 N–H and O–H groups in total. The lowest BCUT2D eigenvalue weighted by Gasteiger charge is -2.16. The van der Waals surface area contributed by atoms with Crippen molar-refractivity contribution in [2.45, 2.75) is 25.6 Å². The molecule has 1 aliphatic heterocycles. The molecule has 10 heteroatoms. The fourth-order valence-corrected chi connectivity index (χ4v) is 3.45. The van der Waals surface area contributed by atoms with Crippen molar-refractivity contribution >= 4 is 16.9 Å². The van der Waals surface area contributed by atoms with E-state index in [1.807, 2.05) is 0 Å². The Morgan fingerprint density at radius 2 is 2.14 bits per heavy atom. The highest BCUT2D eigenvalue weighted by atomic mass is 19.4. The number of hydrogen-bond acceptors (Lipinski definition) is 5. The highest BCUT2D eigenvalue weighted by molar-refractivity contribution is 5.97. The van der Waals surface area contributed by atoms with E-state index >= 15 is 0 Å². The van der Waals surface area contributed by atoms with Gasteiger partial charge in [0.25, 0.3) is 5.91 Å². The molecule has 0 radical (unpaired) electrons. The van der Waals surface area contributed by atoms with Crippen molar-refractivity contribution in [2.24, 2.45) is 5.92 Å². The summed E-state index contributed by atoms with van der Waals surface area (Å²) in [5.41, 5.74) is 1.23. The van der Waals surface area contributed by atoms with Crippen molar-refractivity contribution in [2.75, 3.05) is 13.1 Å². The van der Waals surface area contributed by atoms with Gasteiger partial charge in [-0.3, -0.25) is 4.79 Å². The van der Waals surface area contributed by atoms with Crippen LogP contribution in [0.2, 0.25) is 0 Å². The monoisotopic (exact) mass is 394 g/mol. The van der Waals surface area contributed by atoms with E-state index in [4.69, 9.17) is 4.52 Å². The quantitative estimate of drug-likeness (QED) is 0.712. The van der Waals surface area contributed by atoms with Crippen LogP contribution in [0.1, 0.15) is 27.6 Å². The second-order valence-electron chi connectivity index (χ2n) is 6.99. The van der Waals surface area contributed by atoms with E-state index in [9.17, 15) is 23.1 Å². The maximum absolute atomic E-state index is 12.8. The number of carbonyl (C=O) groups excluding carboxylic acids is 1. The second kappa shape index (κ2) is 6.62. The summed E-state index contributed by atoms with van der Waals surface area (Å²) in [4.78, 5) is 19.9. The summed E-state index contributed by atoms with van der Waals surface area (Å²) in [6.07, 6.45) is -4.86. The molecule has 1 aromatic carbocycles. The first-order chi connectivity index (χ1) is 13.2. The number of nitrogens with one attached hydrogen (secondary N) is 1. The zero-order chi connectivity index (χ0) is 20.1. The average molecular weight is 394 g/mol. The molecule has 1 fully saturated rings. The molecule has 3 aromatic rings. The van der Waals surface area contributed by atoms with Gasteiger partial charge in [0.05, 0.1) is 22.8 Å². The number of H-pyrrole nitrogens is 1. The highest BCUT2D eigenvalue weighted by Gasteiger charge is 2.36. The third-order valence-corrected chi connectivity index (χ3v) is 4.83. The number of hydrogen-bond donors (Lipinski definition) is 2. The van der Waals surface area contributed by atoms with Gasteiger partial charge in [-0.25, -0.2) is 4.98 Å². The lowest BCUT2D eigenvalue weighted by molar-refractivity contribution is -0.144. The van der Waals surface area contributed by atoms with Gasteiger partial charge in [-0.05, 0) is 25.1 Å². The largest absolute Gasteiger partial charge is 0.449 e. The first kappa shape index (κ1) is 18.5. The van der Waals surface area contributed by atoms with Crippen LogP contribution in [-0.4, -0.2) is 50.2 Å². The minimum Gasteiger partial charge on any atom is -0.391 e. The van der Waals surface area contributed by atoms with Gasteiger partial charge >= 0.3 is 6.18 Å². The van der Waals surface area contributed by atoms with E-state index in [1.54, 1.807) is 13.0 Å². The van der Waals surface area contributed by atoms with Crippen molar-refractivity contribution in [3.05, 3.63) is 47.1 Å². The van der Waals surface area contributed by atoms with E-state index in [-0.39, 0.29) is 35.0 Å². The van der Waals surface area contributed by atoms with E-state index < -0.39 is 18.1 Å². The Labute approximate surface area is 157 Å². The van der Waals surface area contributed by atoms with Crippen LogP contribution in [0.15, 0.2) is 28.8 Å². The molecule has 1 saturated heterocycles. The summed E-state index contributed by atoms with van der Waals surface area (Å²) < 4.78 is 43.5. The molecule has 0 saturated carbocycles. The molecule has 7 nitrogen and oxygen atoms in total. The van der Waals surface area contributed by atoms with Crippen LogP contribution in [0, 0.1) is 12.8 Å². The fraction of sp³-hybridized carbons (Fsp3) is 0.389. The predicted octanol–water partition coefficient (Wildman–Crippen LogP) is 2.55. The molecule has 28 heavy (non-hydrogen) atoms. The molecule has 0 unspecified atom stereocenters. The van der Waals surface area contributed by atoms with Crippen molar-refractivity contribution in [3.63, 3.8) is 0 Å². The Morgan fingerprint density at radius 3 is 2.82 bits per heavy atom. The van der Waals surface area contributed by atoms with Crippen molar-refractivity contribution in [3.8, 4) is 0 Å². The maximum Gasteiger partial charge on any atom is 0.449 e. The molecule has 4 rings (SSSR count). The Balaban J connectivity index is 1.51. The number of nitrogens with zero attached hydrogens (tertiary/aromatic N) is 3. The van der Waals surface area contributed by atoms with Crippen molar-refractivity contribution in [1.82, 2.24) is 20.0 Å². The minimum atomic E-state index is -4.59. The normalized spacial score (nSPS) is 20.2. The van der Waals surface area contributed by atoms with Gasteiger partial charge in [0.1, 0.15) is 5.76 Å². The zero-order valence-corrected chi connectivity index (χ0v) is 14.8. The summed E-state index contributed by atoms with van der Waals surface area (Å²) in [5.74, 6) is -1.04. The third kappa shape index (κ3) is 3.47. The molecule has 1 amide bonds. The smallest absolute Gasteiger partial charge is 0.391 e. The number of imidazole rings is 1. The first-order valence-corrected chi connectivity index (χ1v) is 8.67. The van der Waals surface area contributed by atoms with Gasteiger partial charge in [-0.15, -0.1) is 0 Å². The number of aromatic amines is 1. The molecule has 2 atom stereocenters. The molecule has 1 aliphatic rings. The number of fused-ring (bicyclic) bond motifs is 1. The van der Waals surface area contributed by atoms with Gasteiger partial charge in [0.15, 0.2) is 0 Å². The number of amides is 1. The fourth-order valence-electron chi connectivity index (χ4n) is 3.45. The van der Waals surface area contributed by atoms with Gasteiger partial charge in [-0.2, -0.15) is 13.2 Å². The number of aliphatic hydroxyl groups excluding tert-OH is 1. The number of aliphatic hydroxyl groups is 1. The van der Waals surface area contributed by atoms with Gasteiger partial charge < -0.3 is 19.5 Å². The second-order valence-corrected chi connectivity index (χ2v) is 6.99. The number of aryl methyl sites for hydroxylation is 1. The number of likely N-dealkylation sites (tertiary alicyclic amines) is 1. The number of carbonyl (C=O) groups is 1. The summed E-state index contributed by atoms with van der Waals surface area (Å²) in [5, 5.41) is 14.1. The van der Waals surface area contributed by atoms with Crippen LogP contribution in [0.4, 0.5) is 13.2 Å². The van der Waals surface area contributed by atoms with Crippen molar-refractivity contribution < 1.29 is 27.6 Å². The third-order valence-electron chi connectivity index (χ3n) is 4.83. The van der Waals surface area contributed by atoms with Crippen LogP contribution in [0.3, 0.4) is 0 Å². The summed E-state index contributed by atoms with van der Waals surface area (Å²) in [7, 11) is 0. The number of benzene rings is 1. The molecule has 3 heterocycles. The first-order valence-electron chi connectivity index (χ1n) is 8.67. The van der Waals surface area contributed by atoms with Crippen molar-refractivity contribution in [1.29, 1.82) is 0 Å². The van der Waals surface area contributed by atoms with Crippen LogP contribution < -0.4 is 0 Å². The van der Waals surface area contributed by atoms with Gasteiger partial charge in [0.2, 0.25) is 5.82 Å².